The van der Waals surface area contributed by atoms with Gasteiger partial charge >= 0.3 is 0 Å². The maximum absolute atomic E-state index is 12.8. The van der Waals surface area contributed by atoms with E-state index >= 15 is 0 Å². The van der Waals surface area contributed by atoms with Gasteiger partial charge in [0, 0.05) is 55.8 Å². The lowest BCUT2D eigenvalue weighted by atomic mass is 10.1. The van der Waals surface area contributed by atoms with Gasteiger partial charge in [0.05, 0.1) is 11.2 Å². The highest BCUT2D eigenvalue weighted by atomic mass is 32.2. The molecule has 1 aliphatic rings. The second kappa shape index (κ2) is 7.45. The average Bonchev–Trinajstić information content (AvgIpc) is 2.75. The number of nitrogens with two attached hydrogens (primary N) is 1. The number of pyridine rings is 2. The Morgan fingerprint density at radius 3 is 2.30 bits per heavy atom. The van der Waals surface area contributed by atoms with Crippen molar-refractivity contribution in [2.24, 2.45) is 0 Å². The van der Waals surface area contributed by atoms with E-state index in [4.69, 9.17) is 5.84 Å². The minimum atomic E-state index is -3.84. The molecule has 0 radical (unpaired) electrons. The summed E-state index contributed by atoms with van der Waals surface area (Å²) in [7, 11) is -3.84. The summed E-state index contributed by atoms with van der Waals surface area (Å²) in [6.07, 6.45) is 4.14. The van der Waals surface area contributed by atoms with Gasteiger partial charge in [-0.05, 0) is 18.2 Å². The second-order valence-electron chi connectivity index (χ2n) is 7.16. The number of rotatable bonds is 3. The zero-order valence-electron chi connectivity index (χ0n) is 16.4. The van der Waals surface area contributed by atoms with Crippen molar-refractivity contribution in [2.45, 2.75) is 4.90 Å². The van der Waals surface area contributed by atoms with Gasteiger partial charge < -0.3 is 15.6 Å². The highest BCUT2D eigenvalue weighted by Gasteiger charge is 2.30. The monoisotopic (exact) mass is 427 g/mol. The smallest absolute Gasteiger partial charge is 0.290 e. The molecule has 30 heavy (non-hydrogen) atoms. The summed E-state index contributed by atoms with van der Waals surface area (Å²) < 4.78 is 25.9. The number of para-hydroxylation sites is 1. The second-order valence-corrected chi connectivity index (χ2v) is 9.11. The molecule has 0 spiro atoms. The van der Waals surface area contributed by atoms with E-state index in [2.05, 4.69) is 4.98 Å². The van der Waals surface area contributed by atoms with Crippen molar-refractivity contribution in [2.75, 3.05) is 43.2 Å². The Labute approximate surface area is 173 Å². The molecule has 0 aliphatic carbocycles. The molecule has 1 fully saturated rings. The van der Waals surface area contributed by atoms with Crippen LogP contribution in [0.1, 0.15) is 10.4 Å². The maximum Gasteiger partial charge on any atom is 0.290 e. The third kappa shape index (κ3) is 3.39. The first-order chi connectivity index (χ1) is 14.3. The number of carbonyl (C=O) groups excluding carboxylic acids is 1. The third-order valence-corrected chi connectivity index (χ3v) is 6.34. The normalized spacial score (nSPS) is 14.8. The number of carbonyl (C=O) groups is 1. The Kier molecular flexibility index (Phi) is 4.94. The summed E-state index contributed by atoms with van der Waals surface area (Å²) >= 11 is 0. The number of nitrogen functional groups attached to an aromatic ring is 1. The largest absolute Gasteiger partial charge is 0.366 e. The molecule has 0 unspecified atom stereocenters. The molecule has 1 aliphatic heterocycles. The van der Waals surface area contributed by atoms with Crippen molar-refractivity contribution in [1.82, 2.24) is 14.6 Å². The quantitative estimate of drug-likeness (QED) is 0.604. The molecular formula is C20H21N5O4S. The van der Waals surface area contributed by atoms with Crippen molar-refractivity contribution in [3.63, 3.8) is 0 Å². The van der Waals surface area contributed by atoms with E-state index in [9.17, 15) is 18.0 Å². The van der Waals surface area contributed by atoms with E-state index in [0.29, 0.717) is 48.3 Å². The third-order valence-electron chi connectivity index (χ3n) is 5.23. The fraction of sp³-hybridized carbons (Fsp3) is 0.250. The molecule has 10 heteroatoms. The predicted molar refractivity (Wildman–Crippen MR) is 114 cm³/mol. The Bertz CT molecular complexity index is 1280. The summed E-state index contributed by atoms with van der Waals surface area (Å²) in [6, 6.07) is 10.2. The summed E-state index contributed by atoms with van der Waals surface area (Å²) in [5, 5.41) is 0.578. The van der Waals surface area contributed by atoms with E-state index in [1.807, 2.05) is 4.90 Å². The molecule has 4 rings (SSSR count). The first kappa shape index (κ1) is 19.9. The Morgan fingerprint density at radius 1 is 1.03 bits per heavy atom. The molecule has 1 saturated heterocycles. The molecule has 156 valence electrons. The molecule has 2 N–H and O–H groups in total. The molecule has 1 aromatic carbocycles. The molecule has 0 atom stereocenters. The minimum Gasteiger partial charge on any atom is -0.366 e. The molecule has 9 nitrogen and oxygen atoms in total. The number of benzene rings is 1. The lowest BCUT2D eigenvalue weighted by molar-refractivity contribution is 0.0746. The fourth-order valence-corrected chi connectivity index (χ4v) is 4.79. The van der Waals surface area contributed by atoms with Crippen LogP contribution in [0.2, 0.25) is 0 Å². The van der Waals surface area contributed by atoms with Gasteiger partial charge in [-0.2, -0.15) is 0 Å². The Balaban J connectivity index is 1.74. The summed E-state index contributed by atoms with van der Waals surface area (Å²) in [5.74, 6) is 5.79. The van der Waals surface area contributed by atoms with Crippen molar-refractivity contribution in [3.05, 3.63) is 64.7 Å². The number of sulfone groups is 1. The van der Waals surface area contributed by atoms with Gasteiger partial charge in [0.1, 0.15) is 0 Å². The lowest BCUT2D eigenvalue weighted by Crippen LogP contribution is -2.49. The van der Waals surface area contributed by atoms with Gasteiger partial charge in [-0.1, -0.05) is 18.2 Å². The number of hydrogen-bond acceptors (Lipinski definition) is 7. The number of amides is 1. The molecule has 1 amide bonds. The molecular weight excluding hydrogens is 406 g/mol. The van der Waals surface area contributed by atoms with E-state index < -0.39 is 15.4 Å². The van der Waals surface area contributed by atoms with Gasteiger partial charge in [0.2, 0.25) is 0 Å². The van der Waals surface area contributed by atoms with Crippen LogP contribution in [0.25, 0.3) is 10.9 Å². The van der Waals surface area contributed by atoms with Crippen LogP contribution in [0.3, 0.4) is 0 Å². The van der Waals surface area contributed by atoms with Gasteiger partial charge in [-0.3, -0.25) is 14.6 Å². The SMILES string of the molecule is CS(=O)(=O)c1c(N2CCN(C(=O)c3ccncc3)CC2)c2ccccc2n(N)c1=O. The van der Waals surface area contributed by atoms with Crippen molar-refractivity contribution in [3.8, 4) is 0 Å². The standard InChI is InChI=1S/C20H21N5O4S/c1-30(28,29)18-17(15-4-2-3-5-16(15)25(21)20(18)27)23-10-12-24(13-11-23)19(26)14-6-8-22-9-7-14/h2-9H,10-13,21H2,1H3. The van der Waals surface area contributed by atoms with Crippen LogP contribution < -0.4 is 16.3 Å². The van der Waals surface area contributed by atoms with Crippen LogP contribution in [0.4, 0.5) is 5.69 Å². The molecule has 3 heterocycles. The zero-order valence-corrected chi connectivity index (χ0v) is 17.2. The highest BCUT2D eigenvalue weighted by Crippen LogP contribution is 2.31. The van der Waals surface area contributed by atoms with Crippen LogP contribution >= 0.6 is 0 Å². The number of aromatic nitrogens is 2. The van der Waals surface area contributed by atoms with E-state index in [1.165, 1.54) is 0 Å². The first-order valence-corrected chi connectivity index (χ1v) is 11.3. The minimum absolute atomic E-state index is 0.109. The molecule has 2 aromatic heterocycles. The van der Waals surface area contributed by atoms with Crippen LogP contribution in [0, 0.1) is 0 Å². The van der Waals surface area contributed by atoms with E-state index in [1.54, 1.807) is 53.7 Å². The van der Waals surface area contributed by atoms with Gasteiger partial charge in [0.15, 0.2) is 14.7 Å². The van der Waals surface area contributed by atoms with Crippen molar-refractivity contribution in [1.29, 1.82) is 0 Å². The summed E-state index contributed by atoms with van der Waals surface area (Å²) in [5.41, 5.74) is 0.573. The maximum atomic E-state index is 12.8. The van der Waals surface area contributed by atoms with Crippen LogP contribution in [0.5, 0.6) is 0 Å². The Hall–Kier alpha value is -3.40. The van der Waals surface area contributed by atoms with Crippen LogP contribution in [0.15, 0.2) is 58.5 Å². The van der Waals surface area contributed by atoms with Crippen molar-refractivity contribution >= 4 is 32.3 Å². The topological polar surface area (TPSA) is 119 Å². The van der Waals surface area contributed by atoms with Gasteiger partial charge in [-0.15, -0.1) is 0 Å². The Morgan fingerprint density at radius 2 is 1.67 bits per heavy atom. The van der Waals surface area contributed by atoms with Crippen LogP contribution in [-0.4, -0.2) is 61.3 Å². The number of nitrogens with zero attached hydrogens (tertiary/aromatic N) is 4. The van der Waals surface area contributed by atoms with Crippen LogP contribution in [-0.2, 0) is 9.84 Å². The first-order valence-electron chi connectivity index (χ1n) is 9.36. The average molecular weight is 427 g/mol. The lowest BCUT2D eigenvalue weighted by Gasteiger charge is -2.37. The van der Waals surface area contributed by atoms with Gasteiger partial charge in [-0.25, -0.2) is 13.1 Å². The van der Waals surface area contributed by atoms with Crippen molar-refractivity contribution < 1.29 is 13.2 Å². The number of piperazine rings is 1. The fourth-order valence-electron chi connectivity index (χ4n) is 3.78. The predicted octanol–water partition coefficient (Wildman–Crippen LogP) is 0.476. The number of fused-ring (bicyclic) bond motifs is 1. The highest BCUT2D eigenvalue weighted by molar-refractivity contribution is 7.90. The molecule has 3 aromatic rings. The zero-order chi connectivity index (χ0) is 21.5. The molecule has 0 bridgehead atoms. The number of anilines is 1. The van der Waals surface area contributed by atoms with E-state index in [-0.39, 0.29) is 10.8 Å². The molecule has 0 saturated carbocycles. The van der Waals surface area contributed by atoms with E-state index in [0.717, 1.165) is 10.9 Å². The summed E-state index contributed by atoms with van der Waals surface area (Å²) in [4.78, 5) is 32.7. The number of hydrogen-bond donors (Lipinski definition) is 1. The summed E-state index contributed by atoms with van der Waals surface area (Å²) in [6.45, 7) is 1.56. The van der Waals surface area contributed by atoms with Gasteiger partial charge in [0.25, 0.3) is 11.5 Å².